The van der Waals surface area contributed by atoms with Gasteiger partial charge in [0.25, 0.3) is 5.91 Å². The fraction of sp³-hybridized carbons (Fsp3) is 0.429. The number of nitrogens with one attached hydrogen (secondary N) is 1. The number of amides is 1. The number of nitrogens with zero attached hydrogens (tertiary/aromatic N) is 1. The highest BCUT2D eigenvalue weighted by atomic mass is 32.2. The number of esters is 1. The molecular formula is C21H26N2O6S. The topological polar surface area (TPSA) is 106 Å². The molecule has 0 unspecified atom stereocenters. The van der Waals surface area contributed by atoms with E-state index in [0.29, 0.717) is 35.7 Å². The number of ether oxygens (including phenoxy) is 1. The van der Waals surface area contributed by atoms with Gasteiger partial charge in [0.1, 0.15) is 17.1 Å². The van der Waals surface area contributed by atoms with Gasteiger partial charge in [-0.1, -0.05) is 12.5 Å². The number of carbonyl (C=O) groups excluding carboxylic acids is 2. The standard InChI is InChI=1S/C21H26N2O6S/c1-14-7-8-16(11-19(14)30(26,27)23-9-5-4-6-10-23)20(24)22-13-17-12-18(15(2)29-17)21(25)28-3/h7-8,11-12H,4-6,9-10,13H2,1-3H3,(H,22,24). The maximum atomic E-state index is 13.0. The minimum atomic E-state index is -3.65. The molecule has 1 aromatic carbocycles. The number of hydrogen-bond donors (Lipinski definition) is 1. The number of aryl methyl sites for hydroxylation is 2. The number of hydrogen-bond acceptors (Lipinski definition) is 6. The minimum Gasteiger partial charge on any atom is -0.465 e. The second-order valence-electron chi connectivity index (χ2n) is 7.30. The lowest BCUT2D eigenvalue weighted by Gasteiger charge is -2.26. The SMILES string of the molecule is COC(=O)c1cc(CNC(=O)c2ccc(C)c(S(=O)(=O)N3CCCCC3)c2)oc1C. The van der Waals surface area contributed by atoms with Crippen molar-refractivity contribution in [2.45, 2.75) is 44.6 Å². The van der Waals surface area contributed by atoms with E-state index in [1.165, 1.54) is 23.5 Å². The molecule has 162 valence electrons. The molecule has 1 aliphatic heterocycles. The van der Waals surface area contributed by atoms with Gasteiger partial charge in [-0.3, -0.25) is 4.79 Å². The highest BCUT2D eigenvalue weighted by Gasteiger charge is 2.28. The molecule has 3 rings (SSSR count). The van der Waals surface area contributed by atoms with Crippen LogP contribution in [0.4, 0.5) is 0 Å². The van der Waals surface area contributed by atoms with Gasteiger partial charge in [-0.15, -0.1) is 0 Å². The van der Waals surface area contributed by atoms with Gasteiger partial charge in [-0.2, -0.15) is 4.31 Å². The Bertz CT molecular complexity index is 1050. The molecule has 8 nitrogen and oxygen atoms in total. The number of methoxy groups -OCH3 is 1. The molecule has 0 bridgehead atoms. The van der Waals surface area contributed by atoms with Crippen LogP contribution in [-0.2, 0) is 21.3 Å². The average Bonchev–Trinajstić information content (AvgIpc) is 3.12. The molecule has 0 saturated carbocycles. The molecule has 1 amide bonds. The predicted octanol–water partition coefficient (Wildman–Crippen LogP) is 2.79. The summed E-state index contributed by atoms with van der Waals surface area (Å²) in [5, 5.41) is 2.70. The highest BCUT2D eigenvalue weighted by molar-refractivity contribution is 7.89. The predicted molar refractivity (Wildman–Crippen MR) is 110 cm³/mol. The zero-order chi connectivity index (χ0) is 21.9. The molecule has 2 heterocycles. The summed E-state index contributed by atoms with van der Waals surface area (Å²) >= 11 is 0. The zero-order valence-electron chi connectivity index (χ0n) is 17.4. The summed E-state index contributed by atoms with van der Waals surface area (Å²) in [7, 11) is -2.37. The molecule has 30 heavy (non-hydrogen) atoms. The van der Waals surface area contributed by atoms with Crippen LogP contribution < -0.4 is 5.32 Å². The monoisotopic (exact) mass is 434 g/mol. The van der Waals surface area contributed by atoms with Crippen molar-refractivity contribution in [2.75, 3.05) is 20.2 Å². The van der Waals surface area contributed by atoms with Crippen molar-refractivity contribution >= 4 is 21.9 Å². The van der Waals surface area contributed by atoms with Crippen LogP contribution in [0.3, 0.4) is 0 Å². The Kier molecular flexibility index (Phi) is 6.62. The molecule has 0 atom stereocenters. The third-order valence-electron chi connectivity index (χ3n) is 5.18. The van der Waals surface area contributed by atoms with Crippen LogP contribution in [0.25, 0.3) is 0 Å². The first-order chi connectivity index (χ1) is 14.2. The average molecular weight is 435 g/mol. The molecule has 9 heteroatoms. The van der Waals surface area contributed by atoms with Crippen molar-refractivity contribution in [3.05, 3.63) is 52.5 Å². The summed E-state index contributed by atoms with van der Waals surface area (Å²) in [5.74, 6) is -0.149. The number of carbonyl (C=O) groups is 2. The lowest BCUT2D eigenvalue weighted by atomic mass is 10.1. The lowest BCUT2D eigenvalue weighted by Crippen LogP contribution is -2.36. The van der Waals surface area contributed by atoms with Crippen molar-refractivity contribution in [3.8, 4) is 0 Å². The van der Waals surface area contributed by atoms with Crippen molar-refractivity contribution in [3.63, 3.8) is 0 Å². The van der Waals surface area contributed by atoms with Crippen molar-refractivity contribution < 1.29 is 27.2 Å². The summed E-state index contributed by atoms with van der Waals surface area (Å²) in [6.07, 6.45) is 2.71. The molecule has 1 aliphatic rings. The van der Waals surface area contributed by atoms with Crippen LogP contribution in [-0.4, -0.2) is 44.8 Å². The van der Waals surface area contributed by atoms with Crippen LogP contribution in [0, 0.1) is 13.8 Å². The van der Waals surface area contributed by atoms with E-state index in [-0.39, 0.29) is 17.0 Å². The van der Waals surface area contributed by atoms with Gasteiger partial charge in [-0.05, 0) is 50.5 Å². The zero-order valence-corrected chi connectivity index (χ0v) is 18.2. The van der Waals surface area contributed by atoms with Gasteiger partial charge in [-0.25, -0.2) is 13.2 Å². The van der Waals surface area contributed by atoms with Gasteiger partial charge in [0, 0.05) is 18.7 Å². The molecule has 0 radical (unpaired) electrons. The number of rotatable bonds is 6. The number of sulfonamides is 1. The molecule has 1 saturated heterocycles. The van der Waals surface area contributed by atoms with Crippen molar-refractivity contribution in [1.29, 1.82) is 0 Å². The molecule has 1 aromatic heterocycles. The van der Waals surface area contributed by atoms with Crippen LogP contribution in [0.15, 0.2) is 33.6 Å². The van der Waals surface area contributed by atoms with Gasteiger partial charge in [0.15, 0.2) is 0 Å². The largest absolute Gasteiger partial charge is 0.465 e. The summed E-state index contributed by atoms with van der Waals surface area (Å²) in [6.45, 7) is 4.41. The maximum absolute atomic E-state index is 13.0. The molecule has 0 aliphatic carbocycles. The molecule has 1 N–H and O–H groups in total. The summed E-state index contributed by atoms with van der Waals surface area (Å²) in [4.78, 5) is 24.4. The number of benzene rings is 1. The second kappa shape index (κ2) is 9.01. The lowest BCUT2D eigenvalue weighted by molar-refractivity contribution is 0.0598. The summed E-state index contributed by atoms with van der Waals surface area (Å²) < 4.78 is 37.7. The highest BCUT2D eigenvalue weighted by Crippen LogP contribution is 2.24. The third kappa shape index (κ3) is 4.57. The molecule has 0 spiro atoms. The Balaban J connectivity index is 1.76. The van der Waals surface area contributed by atoms with Crippen molar-refractivity contribution in [1.82, 2.24) is 9.62 Å². The molecule has 2 aromatic rings. The Morgan fingerprint density at radius 3 is 2.50 bits per heavy atom. The molecule has 1 fully saturated rings. The van der Waals surface area contributed by atoms with E-state index < -0.39 is 21.9 Å². The van der Waals surface area contributed by atoms with Crippen LogP contribution >= 0.6 is 0 Å². The molecular weight excluding hydrogens is 408 g/mol. The second-order valence-corrected chi connectivity index (χ2v) is 9.21. The first kappa shape index (κ1) is 22.0. The van der Waals surface area contributed by atoms with Crippen LogP contribution in [0.5, 0.6) is 0 Å². The number of furan rings is 1. The van der Waals surface area contributed by atoms with Gasteiger partial charge < -0.3 is 14.5 Å². The summed E-state index contributed by atoms with van der Waals surface area (Å²) in [5.41, 5.74) is 1.14. The van der Waals surface area contributed by atoms with E-state index in [1.54, 1.807) is 26.0 Å². The Labute approximate surface area is 176 Å². The summed E-state index contributed by atoms with van der Waals surface area (Å²) in [6, 6.07) is 6.16. The normalized spacial score (nSPS) is 15.0. The van der Waals surface area contributed by atoms with E-state index in [0.717, 1.165) is 19.3 Å². The van der Waals surface area contributed by atoms with E-state index in [4.69, 9.17) is 4.42 Å². The Hall–Kier alpha value is -2.65. The van der Waals surface area contributed by atoms with Crippen LogP contribution in [0.1, 0.15) is 57.1 Å². The van der Waals surface area contributed by atoms with Gasteiger partial charge >= 0.3 is 5.97 Å². The van der Waals surface area contributed by atoms with E-state index in [9.17, 15) is 18.0 Å². The van der Waals surface area contributed by atoms with E-state index >= 15 is 0 Å². The van der Waals surface area contributed by atoms with E-state index in [1.807, 2.05) is 0 Å². The fourth-order valence-corrected chi connectivity index (χ4v) is 5.24. The Morgan fingerprint density at radius 2 is 1.83 bits per heavy atom. The maximum Gasteiger partial charge on any atom is 0.341 e. The van der Waals surface area contributed by atoms with Crippen LogP contribution in [0.2, 0.25) is 0 Å². The first-order valence-corrected chi connectivity index (χ1v) is 11.2. The smallest absolute Gasteiger partial charge is 0.341 e. The van der Waals surface area contributed by atoms with Crippen molar-refractivity contribution in [2.24, 2.45) is 0 Å². The fourth-order valence-electron chi connectivity index (χ4n) is 3.48. The van der Waals surface area contributed by atoms with Gasteiger partial charge in [0.2, 0.25) is 10.0 Å². The minimum absolute atomic E-state index is 0.0543. The Morgan fingerprint density at radius 1 is 1.13 bits per heavy atom. The third-order valence-corrected chi connectivity index (χ3v) is 7.22. The quantitative estimate of drug-likeness (QED) is 0.701. The number of piperidine rings is 1. The van der Waals surface area contributed by atoms with Gasteiger partial charge in [0.05, 0.1) is 18.6 Å². The first-order valence-electron chi connectivity index (χ1n) is 9.80. The van der Waals surface area contributed by atoms with E-state index in [2.05, 4.69) is 10.1 Å².